The Labute approximate surface area is 159 Å². The summed E-state index contributed by atoms with van der Waals surface area (Å²) in [4.78, 5) is 12.5. The minimum atomic E-state index is -4.75. The second-order valence-corrected chi connectivity index (χ2v) is 4.95. The molecule has 0 aliphatic carbocycles. The molecule has 0 aliphatic heterocycles. The van der Waals surface area contributed by atoms with Crippen molar-refractivity contribution < 1.29 is 17.9 Å². The van der Waals surface area contributed by atoms with Crippen LogP contribution in [0.25, 0.3) is 0 Å². The highest BCUT2D eigenvalue weighted by Crippen LogP contribution is 2.24. The number of guanidine groups is 1. The van der Waals surface area contributed by atoms with Crippen molar-refractivity contribution in [2.75, 3.05) is 5.32 Å². The Hall–Kier alpha value is -2.11. The monoisotopic (exact) mass is 467 g/mol. The minimum absolute atomic E-state index is 0. The topological polar surface area (TPSA) is 85.4 Å². The van der Waals surface area contributed by atoms with E-state index in [1.165, 1.54) is 18.2 Å². The number of anilines is 1. The number of aryl methyl sites for hydroxylation is 2. The summed E-state index contributed by atoms with van der Waals surface area (Å²) in [7, 11) is 0. The zero-order valence-corrected chi connectivity index (χ0v) is 15.8. The van der Waals surface area contributed by atoms with Crippen LogP contribution in [-0.4, -0.2) is 22.3 Å². The fraction of sp³-hybridized carbons (Fsp3) is 0.267. The molecule has 0 unspecified atom stereocenters. The number of aliphatic imine (C=N–C) groups is 1. The third kappa shape index (κ3) is 7.54. The molecule has 2 aromatic rings. The first kappa shape index (κ1) is 20.9. The lowest BCUT2D eigenvalue weighted by Gasteiger charge is -2.11. The maximum absolute atomic E-state index is 12.2. The van der Waals surface area contributed by atoms with Gasteiger partial charge < -0.3 is 15.8 Å². The summed E-state index contributed by atoms with van der Waals surface area (Å²) in [6.45, 7) is 3.84. The average Bonchev–Trinajstić information content (AvgIpc) is 2.42. The number of alkyl halides is 3. The fourth-order valence-electron chi connectivity index (χ4n) is 2.00. The molecule has 1 heterocycles. The van der Waals surface area contributed by atoms with Crippen LogP contribution < -0.4 is 15.8 Å². The first-order valence-corrected chi connectivity index (χ1v) is 6.95. The SMILES string of the molecule is Cc1cc(CN=C(N)Nc2cccc(OC(F)(F)F)c2)nc(C)n1.I. The van der Waals surface area contributed by atoms with Gasteiger partial charge >= 0.3 is 6.36 Å². The van der Waals surface area contributed by atoms with Crippen LogP contribution in [0.4, 0.5) is 18.9 Å². The van der Waals surface area contributed by atoms with E-state index in [4.69, 9.17) is 5.73 Å². The van der Waals surface area contributed by atoms with Crippen molar-refractivity contribution in [3.05, 3.63) is 47.5 Å². The van der Waals surface area contributed by atoms with Gasteiger partial charge in [-0.2, -0.15) is 0 Å². The Balaban J connectivity index is 0.00000312. The standard InChI is InChI=1S/C15H16F3N5O.HI/c1-9-6-12(22-10(2)21-9)8-20-14(19)23-11-4-3-5-13(7-11)24-15(16,17)18;/h3-7H,8H2,1-2H3,(H3,19,20,23);1H. The second-order valence-electron chi connectivity index (χ2n) is 4.95. The molecule has 0 atom stereocenters. The number of nitrogens with zero attached hydrogens (tertiary/aromatic N) is 3. The van der Waals surface area contributed by atoms with E-state index in [1.54, 1.807) is 19.1 Å². The molecule has 0 radical (unpaired) electrons. The maximum Gasteiger partial charge on any atom is 0.573 e. The molecule has 0 bridgehead atoms. The van der Waals surface area contributed by atoms with E-state index in [-0.39, 0.29) is 42.2 Å². The molecular weight excluding hydrogens is 450 g/mol. The van der Waals surface area contributed by atoms with Gasteiger partial charge in [0.1, 0.15) is 11.6 Å². The van der Waals surface area contributed by atoms with Gasteiger partial charge in [-0.15, -0.1) is 37.1 Å². The summed E-state index contributed by atoms with van der Waals surface area (Å²) < 4.78 is 40.5. The van der Waals surface area contributed by atoms with E-state index in [0.29, 0.717) is 17.2 Å². The van der Waals surface area contributed by atoms with Crippen LogP contribution in [0, 0.1) is 13.8 Å². The van der Waals surface area contributed by atoms with Crippen molar-refractivity contribution in [3.63, 3.8) is 0 Å². The molecule has 0 saturated carbocycles. The van der Waals surface area contributed by atoms with Crippen LogP contribution in [0.2, 0.25) is 0 Å². The molecule has 1 aromatic heterocycles. The van der Waals surface area contributed by atoms with E-state index in [0.717, 1.165) is 5.69 Å². The van der Waals surface area contributed by atoms with Gasteiger partial charge in [-0.25, -0.2) is 15.0 Å². The van der Waals surface area contributed by atoms with Gasteiger partial charge in [0.25, 0.3) is 0 Å². The van der Waals surface area contributed by atoms with Crippen LogP contribution in [0.3, 0.4) is 0 Å². The number of hydrogen-bond donors (Lipinski definition) is 2. The van der Waals surface area contributed by atoms with E-state index in [1.807, 2.05) is 6.92 Å². The lowest BCUT2D eigenvalue weighted by molar-refractivity contribution is -0.274. The molecule has 0 fully saturated rings. The van der Waals surface area contributed by atoms with Crippen LogP contribution in [0.15, 0.2) is 35.3 Å². The van der Waals surface area contributed by atoms with Crippen LogP contribution in [-0.2, 0) is 6.54 Å². The van der Waals surface area contributed by atoms with E-state index >= 15 is 0 Å². The van der Waals surface area contributed by atoms with Gasteiger partial charge in [-0.1, -0.05) is 6.07 Å². The predicted molar refractivity (Wildman–Crippen MR) is 99.0 cm³/mol. The second kappa shape index (κ2) is 8.83. The quantitative estimate of drug-likeness (QED) is 0.409. The third-order valence-electron chi connectivity index (χ3n) is 2.77. The molecular formula is C15H17F3IN5O. The number of hydrogen-bond acceptors (Lipinski definition) is 4. The van der Waals surface area contributed by atoms with Crippen molar-refractivity contribution in [1.82, 2.24) is 9.97 Å². The van der Waals surface area contributed by atoms with Crippen LogP contribution in [0.5, 0.6) is 5.75 Å². The normalized spacial score (nSPS) is 11.6. The van der Waals surface area contributed by atoms with Gasteiger partial charge in [0.05, 0.1) is 12.2 Å². The van der Waals surface area contributed by atoms with E-state index < -0.39 is 6.36 Å². The highest BCUT2D eigenvalue weighted by Gasteiger charge is 2.31. The van der Waals surface area contributed by atoms with Crippen molar-refractivity contribution >= 4 is 35.6 Å². The highest BCUT2D eigenvalue weighted by atomic mass is 127. The van der Waals surface area contributed by atoms with Crippen molar-refractivity contribution in [2.45, 2.75) is 26.8 Å². The molecule has 10 heteroatoms. The first-order valence-electron chi connectivity index (χ1n) is 6.95. The molecule has 0 aliphatic rings. The summed E-state index contributed by atoms with van der Waals surface area (Å²) in [5.74, 6) is 0.333. The molecule has 0 spiro atoms. The Morgan fingerprint density at radius 2 is 1.96 bits per heavy atom. The van der Waals surface area contributed by atoms with Crippen molar-refractivity contribution in [2.24, 2.45) is 10.7 Å². The largest absolute Gasteiger partial charge is 0.573 e. The van der Waals surface area contributed by atoms with Gasteiger partial charge in [0.15, 0.2) is 5.96 Å². The lowest BCUT2D eigenvalue weighted by atomic mass is 10.3. The zero-order valence-electron chi connectivity index (χ0n) is 13.5. The summed E-state index contributed by atoms with van der Waals surface area (Å²) >= 11 is 0. The van der Waals surface area contributed by atoms with Crippen molar-refractivity contribution in [1.29, 1.82) is 0 Å². The maximum atomic E-state index is 12.2. The highest BCUT2D eigenvalue weighted by molar-refractivity contribution is 14.0. The Morgan fingerprint density at radius 3 is 2.60 bits per heavy atom. The fourth-order valence-corrected chi connectivity index (χ4v) is 2.00. The Kier molecular flexibility index (Phi) is 7.39. The molecule has 6 nitrogen and oxygen atoms in total. The molecule has 0 saturated heterocycles. The first-order chi connectivity index (χ1) is 11.2. The number of rotatable bonds is 4. The Bertz CT molecular complexity index is 732. The Morgan fingerprint density at radius 1 is 1.24 bits per heavy atom. The molecule has 2 rings (SSSR count). The number of aromatic nitrogens is 2. The van der Waals surface area contributed by atoms with Gasteiger partial charge in [-0.05, 0) is 32.0 Å². The zero-order chi connectivity index (χ0) is 17.7. The number of ether oxygens (including phenoxy) is 1. The molecule has 0 amide bonds. The summed E-state index contributed by atoms with van der Waals surface area (Å²) in [5, 5.41) is 2.70. The number of nitrogens with one attached hydrogen (secondary N) is 1. The van der Waals surface area contributed by atoms with E-state index in [2.05, 4.69) is 25.0 Å². The third-order valence-corrected chi connectivity index (χ3v) is 2.77. The van der Waals surface area contributed by atoms with Crippen molar-refractivity contribution in [3.8, 4) is 5.75 Å². The molecule has 3 N–H and O–H groups in total. The minimum Gasteiger partial charge on any atom is -0.406 e. The molecule has 25 heavy (non-hydrogen) atoms. The summed E-state index contributed by atoms with van der Waals surface area (Å²) in [5.41, 5.74) is 7.58. The number of benzene rings is 1. The lowest BCUT2D eigenvalue weighted by Crippen LogP contribution is -2.23. The van der Waals surface area contributed by atoms with Gasteiger partial charge in [-0.3, -0.25) is 0 Å². The van der Waals surface area contributed by atoms with Gasteiger partial charge in [0, 0.05) is 17.4 Å². The predicted octanol–water partition coefficient (Wildman–Crippen LogP) is 3.54. The van der Waals surface area contributed by atoms with Gasteiger partial charge in [0.2, 0.25) is 0 Å². The smallest absolute Gasteiger partial charge is 0.406 e. The van der Waals surface area contributed by atoms with E-state index in [9.17, 15) is 13.2 Å². The summed E-state index contributed by atoms with van der Waals surface area (Å²) in [6.07, 6.45) is -4.75. The number of nitrogens with two attached hydrogens (primary N) is 1. The molecule has 1 aromatic carbocycles. The number of halogens is 4. The molecule has 136 valence electrons. The van der Waals surface area contributed by atoms with Crippen LogP contribution in [0.1, 0.15) is 17.2 Å². The van der Waals surface area contributed by atoms with Crippen LogP contribution >= 0.6 is 24.0 Å². The average molecular weight is 467 g/mol. The summed E-state index contributed by atoms with van der Waals surface area (Å²) in [6, 6.07) is 7.10.